The number of methoxy groups -OCH3 is 1. The zero-order valence-electron chi connectivity index (χ0n) is 33.8. The van der Waals surface area contributed by atoms with Crippen molar-refractivity contribution >= 4 is 0 Å². The lowest BCUT2D eigenvalue weighted by Gasteiger charge is -2.32. The number of phenolic OH excluding ortho intramolecular Hbond substituents is 1. The molecule has 312 valence electrons. The molecule has 0 amide bonds. The Bertz CT molecular complexity index is 1370. The van der Waals surface area contributed by atoms with Crippen molar-refractivity contribution in [1.29, 1.82) is 0 Å². The van der Waals surface area contributed by atoms with Gasteiger partial charge in [-0.1, -0.05) is 84.1 Å². The van der Waals surface area contributed by atoms with Gasteiger partial charge in [0.1, 0.15) is 11.5 Å². The van der Waals surface area contributed by atoms with Gasteiger partial charge in [-0.3, -0.25) is 0 Å². The minimum absolute atomic E-state index is 0. The fourth-order valence-corrected chi connectivity index (χ4v) is 10.6. The highest BCUT2D eigenvalue weighted by Crippen LogP contribution is 2.49. The van der Waals surface area contributed by atoms with Crippen molar-refractivity contribution in [2.75, 3.05) is 20.3 Å². The summed E-state index contributed by atoms with van der Waals surface area (Å²) in [7, 11) is 1.74. The van der Waals surface area contributed by atoms with E-state index in [4.69, 9.17) is 9.47 Å². The highest BCUT2D eigenvalue weighted by molar-refractivity contribution is 5.43. The average molecular weight is 767 g/mol. The molecule has 7 nitrogen and oxygen atoms in total. The molecule has 2 aromatic rings. The van der Waals surface area contributed by atoms with Gasteiger partial charge in [-0.2, -0.15) is 0 Å². The van der Waals surface area contributed by atoms with Crippen molar-refractivity contribution in [2.45, 2.75) is 174 Å². The Morgan fingerprint density at radius 3 is 1.64 bits per heavy atom. The predicted molar refractivity (Wildman–Crippen MR) is 224 cm³/mol. The molecule has 1 saturated heterocycles. The first kappa shape index (κ1) is 45.5. The summed E-state index contributed by atoms with van der Waals surface area (Å²) in [4.78, 5) is 0. The van der Waals surface area contributed by atoms with Gasteiger partial charge in [-0.05, 0) is 160 Å². The molecule has 1 aliphatic heterocycles. The van der Waals surface area contributed by atoms with Gasteiger partial charge in [0.2, 0.25) is 0 Å². The summed E-state index contributed by atoms with van der Waals surface area (Å²) in [5, 5.41) is 51.7. The van der Waals surface area contributed by atoms with Crippen molar-refractivity contribution in [3.05, 3.63) is 58.7 Å². The summed E-state index contributed by atoms with van der Waals surface area (Å²) in [6, 6.07) is 12.2. The molecule has 0 radical (unpaired) electrons. The molecule has 4 aliphatic carbocycles. The molecule has 0 spiro atoms. The van der Waals surface area contributed by atoms with E-state index in [9.17, 15) is 25.5 Å². The van der Waals surface area contributed by atoms with E-state index >= 15 is 0 Å². The summed E-state index contributed by atoms with van der Waals surface area (Å²) in [6.45, 7) is 6.37. The maximum Gasteiger partial charge on any atom is 0.122 e. The number of rotatable bonds is 15. The number of hydrogen-bond acceptors (Lipinski definition) is 7. The van der Waals surface area contributed by atoms with Crippen LogP contribution in [0.4, 0.5) is 0 Å². The van der Waals surface area contributed by atoms with Crippen LogP contribution in [0.15, 0.2) is 36.4 Å². The Kier molecular flexibility index (Phi) is 19.3. The van der Waals surface area contributed by atoms with Crippen LogP contribution in [0.2, 0.25) is 0 Å². The predicted octanol–water partition coefficient (Wildman–Crippen LogP) is 9.39. The molecule has 7 heteroatoms. The highest BCUT2D eigenvalue weighted by Gasteiger charge is 2.46. The summed E-state index contributed by atoms with van der Waals surface area (Å²) >= 11 is 0. The minimum atomic E-state index is -0.251. The zero-order valence-corrected chi connectivity index (χ0v) is 33.8. The first-order valence-electron chi connectivity index (χ1n) is 22.0. The minimum Gasteiger partial charge on any atom is -0.508 e. The number of aliphatic hydroxyl groups is 4. The third-order valence-electron chi connectivity index (χ3n) is 13.7. The monoisotopic (exact) mass is 767 g/mol. The standard InChI is InChI=1S/C22H34O3.C21H32O3.C4H8O.CH4/c1-3-4-5-8-17(23)10-11-18-19-12-15-7-6-9-22(25-2)20(15)13-16(19)14-21(18)24;1-2-3-4-7-16(22)9-10-17-18-11-14-6-5-8-20(23)19(14)12-15(18)13-21(17)24;1-2-4-5-3-1;/h6-7,9,16-19,21,23-24H,3-5,8,10-14H2,1-2H3;5-6,8,15-18,21-24H,2-4,7,9-13H2,1H3;1-4H2;1H4/t16-,17+,18+,19-,21+;15-,16+,17+,18-,21+;;/m00../s1. The molecular formula is C48H78O7. The second kappa shape index (κ2) is 23.3. The van der Waals surface area contributed by atoms with Crippen molar-refractivity contribution < 1.29 is 35.0 Å². The molecule has 2 saturated carbocycles. The summed E-state index contributed by atoms with van der Waals surface area (Å²) in [5.41, 5.74) is 5.08. The second-order valence-electron chi connectivity index (χ2n) is 17.4. The van der Waals surface area contributed by atoms with E-state index in [0.29, 0.717) is 41.3 Å². The third kappa shape index (κ3) is 12.7. The molecule has 5 aliphatic rings. The van der Waals surface area contributed by atoms with Gasteiger partial charge >= 0.3 is 0 Å². The molecular weight excluding hydrogens is 689 g/mol. The fourth-order valence-electron chi connectivity index (χ4n) is 10.6. The number of fused-ring (bicyclic) bond motifs is 4. The van der Waals surface area contributed by atoms with Gasteiger partial charge in [0.15, 0.2) is 0 Å². The maximum absolute atomic E-state index is 10.6. The molecule has 0 unspecified atom stereocenters. The van der Waals surface area contributed by atoms with E-state index in [1.54, 1.807) is 13.2 Å². The smallest absolute Gasteiger partial charge is 0.122 e. The summed E-state index contributed by atoms with van der Waals surface area (Å²) in [6.07, 6.45) is 19.6. The maximum atomic E-state index is 10.6. The number of aromatic hydroxyl groups is 1. The normalized spacial score (nSPS) is 28.5. The number of unbranched alkanes of at least 4 members (excludes halogenated alkanes) is 4. The molecule has 2 aromatic carbocycles. The number of benzene rings is 2. The topological polar surface area (TPSA) is 120 Å². The lowest BCUT2D eigenvalue weighted by Crippen LogP contribution is -2.28. The van der Waals surface area contributed by atoms with Crippen LogP contribution in [0.5, 0.6) is 11.5 Å². The summed E-state index contributed by atoms with van der Waals surface area (Å²) in [5.74, 6) is 4.13. The van der Waals surface area contributed by atoms with Crippen LogP contribution in [0.1, 0.15) is 146 Å². The van der Waals surface area contributed by atoms with Crippen molar-refractivity contribution in [3.63, 3.8) is 0 Å². The van der Waals surface area contributed by atoms with E-state index in [0.717, 1.165) is 114 Å². The molecule has 5 N–H and O–H groups in total. The van der Waals surface area contributed by atoms with Crippen LogP contribution in [-0.2, 0) is 30.4 Å². The fraction of sp³-hybridized carbons (Fsp3) is 0.750. The highest BCUT2D eigenvalue weighted by atomic mass is 16.5. The summed E-state index contributed by atoms with van der Waals surface area (Å²) < 4.78 is 10.5. The van der Waals surface area contributed by atoms with Gasteiger partial charge in [-0.25, -0.2) is 0 Å². The quantitative estimate of drug-likeness (QED) is 0.115. The van der Waals surface area contributed by atoms with Gasteiger partial charge in [0, 0.05) is 13.2 Å². The van der Waals surface area contributed by atoms with E-state index in [1.165, 1.54) is 55.2 Å². The molecule has 55 heavy (non-hydrogen) atoms. The van der Waals surface area contributed by atoms with E-state index in [1.807, 2.05) is 6.07 Å². The van der Waals surface area contributed by atoms with Gasteiger partial charge in [0.25, 0.3) is 0 Å². The Balaban J connectivity index is 0.000000213. The number of hydrogen-bond donors (Lipinski definition) is 5. The first-order valence-corrected chi connectivity index (χ1v) is 22.0. The van der Waals surface area contributed by atoms with Crippen molar-refractivity contribution in [3.8, 4) is 11.5 Å². The molecule has 7 rings (SSSR count). The second-order valence-corrected chi connectivity index (χ2v) is 17.4. The third-order valence-corrected chi connectivity index (χ3v) is 13.7. The van der Waals surface area contributed by atoms with Gasteiger partial charge < -0.3 is 35.0 Å². The van der Waals surface area contributed by atoms with Crippen molar-refractivity contribution in [1.82, 2.24) is 0 Å². The van der Waals surface area contributed by atoms with Crippen LogP contribution in [-0.4, -0.2) is 70.3 Å². The lowest BCUT2D eigenvalue weighted by atomic mass is 9.73. The zero-order chi connectivity index (χ0) is 38.5. The molecule has 1 heterocycles. The van der Waals surface area contributed by atoms with Gasteiger partial charge in [-0.15, -0.1) is 0 Å². The Morgan fingerprint density at radius 2 is 1.16 bits per heavy atom. The lowest BCUT2D eigenvalue weighted by molar-refractivity contribution is 0.0864. The Hall–Kier alpha value is -2.16. The molecule has 0 aromatic heterocycles. The van der Waals surface area contributed by atoms with E-state index in [2.05, 4.69) is 38.1 Å². The first-order chi connectivity index (χ1) is 26.2. The largest absolute Gasteiger partial charge is 0.508 e. The van der Waals surface area contributed by atoms with Crippen LogP contribution in [0, 0.1) is 35.5 Å². The Labute approximate surface area is 334 Å². The van der Waals surface area contributed by atoms with Gasteiger partial charge in [0.05, 0.1) is 31.5 Å². The number of aliphatic hydroxyl groups excluding tert-OH is 4. The average Bonchev–Trinajstić information content (AvgIpc) is 3.92. The molecule has 3 fully saturated rings. The van der Waals surface area contributed by atoms with Crippen LogP contribution in [0.3, 0.4) is 0 Å². The number of ether oxygens (including phenoxy) is 2. The van der Waals surface area contributed by atoms with Crippen molar-refractivity contribution in [2.24, 2.45) is 35.5 Å². The molecule has 0 bridgehead atoms. The van der Waals surface area contributed by atoms with Crippen LogP contribution < -0.4 is 4.74 Å². The van der Waals surface area contributed by atoms with Crippen LogP contribution in [0.25, 0.3) is 0 Å². The number of phenols is 1. The van der Waals surface area contributed by atoms with Crippen LogP contribution >= 0.6 is 0 Å². The Morgan fingerprint density at radius 1 is 0.673 bits per heavy atom. The van der Waals surface area contributed by atoms with E-state index < -0.39 is 0 Å². The van der Waals surface area contributed by atoms with E-state index in [-0.39, 0.29) is 31.8 Å². The SMILES string of the molecule is C.C1CCOC1.CCCCC[C@@H](O)CC[C@@H]1[C@H]2Cc3cccc(O)c3C[C@H]2C[C@H]1O.CCCCC[C@@H](O)CC[C@@H]1[C@H]2Cc3cccc(OC)c3C[C@H]2C[C@H]1O. The molecule has 10 atom stereocenters.